The third kappa shape index (κ3) is 2.12. The SMILES string of the molecule is Cn1nnc(C#N)c1-c1ccc(C(C)(C)C)cc1. The molecule has 0 unspecified atom stereocenters. The normalized spacial score (nSPS) is 11.3. The van der Waals surface area contributed by atoms with Gasteiger partial charge in [0.25, 0.3) is 0 Å². The Balaban J connectivity index is 2.48. The van der Waals surface area contributed by atoms with Gasteiger partial charge in [0.05, 0.1) is 0 Å². The van der Waals surface area contributed by atoms with Crippen molar-refractivity contribution < 1.29 is 0 Å². The van der Waals surface area contributed by atoms with Crippen molar-refractivity contribution in [3.63, 3.8) is 0 Å². The summed E-state index contributed by atoms with van der Waals surface area (Å²) in [5, 5.41) is 16.7. The van der Waals surface area contributed by atoms with Gasteiger partial charge in [0.15, 0.2) is 5.69 Å². The molecule has 2 rings (SSSR count). The van der Waals surface area contributed by atoms with Gasteiger partial charge in [-0.05, 0) is 11.0 Å². The van der Waals surface area contributed by atoms with Crippen LogP contribution in [0.4, 0.5) is 0 Å². The number of aryl methyl sites for hydroxylation is 1. The zero-order valence-corrected chi connectivity index (χ0v) is 11.1. The molecule has 0 spiro atoms. The van der Waals surface area contributed by atoms with E-state index in [0.717, 1.165) is 11.3 Å². The highest BCUT2D eigenvalue weighted by Gasteiger charge is 2.16. The van der Waals surface area contributed by atoms with Crippen LogP contribution in [-0.4, -0.2) is 15.0 Å². The number of nitrogens with zero attached hydrogens (tertiary/aromatic N) is 4. The van der Waals surface area contributed by atoms with Crippen molar-refractivity contribution in [2.24, 2.45) is 7.05 Å². The summed E-state index contributed by atoms with van der Waals surface area (Å²) in [4.78, 5) is 0. The number of nitriles is 1. The maximum atomic E-state index is 9.01. The molecule has 0 aliphatic carbocycles. The lowest BCUT2D eigenvalue weighted by atomic mass is 9.86. The number of aromatic nitrogens is 3. The van der Waals surface area contributed by atoms with Crippen LogP contribution in [0.25, 0.3) is 11.3 Å². The third-order valence-electron chi connectivity index (χ3n) is 2.96. The van der Waals surface area contributed by atoms with E-state index in [0.29, 0.717) is 5.69 Å². The second kappa shape index (κ2) is 4.26. The number of hydrogen-bond donors (Lipinski definition) is 0. The van der Waals surface area contributed by atoms with E-state index in [1.165, 1.54) is 5.56 Å². The second-order valence-electron chi connectivity index (χ2n) is 5.35. The van der Waals surface area contributed by atoms with Gasteiger partial charge >= 0.3 is 0 Å². The Morgan fingerprint density at radius 3 is 2.28 bits per heavy atom. The van der Waals surface area contributed by atoms with E-state index in [1.807, 2.05) is 12.1 Å². The van der Waals surface area contributed by atoms with Crippen LogP contribution in [0, 0.1) is 11.3 Å². The topological polar surface area (TPSA) is 54.5 Å². The summed E-state index contributed by atoms with van der Waals surface area (Å²) in [6.07, 6.45) is 0. The predicted octanol–water partition coefficient (Wildman–Crippen LogP) is 2.65. The van der Waals surface area contributed by atoms with Gasteiger partial charge in [-0.2, -0.15) is 5.26 Å². The molecule has 0 bridgehead atoms. The fourth-order valence-electron chi connectivity index (χ4n) is 1.88. The summed E-state index contributed by atoms with van der Waals surface area (Å²) < 4.78 is 1.63. The van der Waals surface area contributed by atoms with Gasteiger partial charge in [0, 0.05) is 12.6 Å². The zero-order valence-electron chi connectivity index (χ0n) is 11.1. The fraction of sp³-hybridized carbons (Fsp3) is 0.357. The van der Waals surface area contributed by atoms with Gasteiger partial charge in [-0.3, -0.25) is 0 Å². The summed E-state index contributed by atoms with van der Waals surface area (Å²) in [5.41, 5.74) is 3.48. The number of hydrogen-bond acceptors (Lipinski definition) is 3. The monoisotopic (exact) mass is 240 g/mol. The molecule has 2 aromatic rings. The van der Waals surface area contributed by atoms with Crippen LogP contribution in [0.5, 0.6) is 0 Å². The lowest BCUT2D eigenvalue weighted by molar-refractivity contribution is 0.590. The average Bonchev–Trinajstić information content (AvgIpc) is 2.69. The average molecular weight is 240 g/mol. The van der Waals surface area contributed by atoms with Gasteiger partial charge in [-0.15, -0.1) is 5.10 Å². The van der Waals surface area contributed by atoms with Crippen molar-refractivity contribution >= 4 is 0 Å². The molecule has 0 fully saturated rings. The minimum atomic E-state index is 0.126. The molecule has 1 aromatic heterocycles. The molecular weight excluding hydrogens is 224 g/mol. The van der Waals surface area contributed by atoms with E-state index < -0.39 is 0 Å². The molecule has 0 saturated heterocycles. The molecular formula is C14H16N4. The Bertz CT molecular complexity index is 594. The van der Waals surface area contributed by atoms with E-state index in [4.69, 9.17) is 5.26 Å². The van der Waals surface area contributed by atoms with E-state index in [1.54, 1.807) is 11.7 Å². The van der Waals surface area contributed by atoms with Gasteiger partial charge in [0.1, 0.15) is 11.8 Å². The molecule has 0 aliphatic heterocycles. The molecule has 0 N–H and O–H groups in total. The first-order valence-electron chi connectivity index (χ1n) is 5.84. The van der Waals surface area contributed by atoms with Gasteiger partial charge in [0.2, 0.25) is 0 Å². The van der Waals surface area contributed by atoms with E-state index in [-0.39, 0.29) is 5.41 Å². The summed E-state index contributed by atoms with van der Waals surface area (Å²) in [5.74, 6) is 0. The zero-order chi connectivity index (χ0) is 13.3. The second-order valence-corrected chi connectivity index (χ2v) is 5.35. The van der Waals surface area contributed by atoms with E-state index in [2.05, 4.69) is 49.3 Å². The summed E-state index contributed by atoms with van der Waals surface area (Å²) in [7, 11) is 1.79. The Hall–Kier alpha value is -2.15. The highest BCUT2D eigenvalue weighted by molar-refractivity contribution is 5.65. The first kappa shape index (κ1) is 12.3. The summed E-state index contributed by atoms with van der Waals surface area (Å²) in [6.45, 7) is 6.52. The van der Waals surface area contributed by atoms with Crippen LogP contribution >= 0.6 is 0 Å². The molecule has 4 heteroatoms. The van der Waals surface area contributed by atoms with Gasteiger partial charge in [-0.1, -0.05) is 50.3 Å². The van der Waals surface area contributed by atoms with Gasteiger partial charge < -0.3 is 0 Å². The maximum Gasteiger partial charge on any atom is 0.190 e. The molecule has 18 heavy (non-hydrogen) atoms. The first-order valence-corrected chi connectivity index (χ1v) is 5.84. The minimum Gasteiger partial charge on any atom is -0.246 e. The van der Waals surface area contributed by atoms with Crippen LogP contribution in [-0.2, 0) is 12.5 Å². The van der Waals surface area contributed by atoms with E-state index >= 15 is 0 Å². The largest absolute Gasteiger partial charge is 0.246 e. The Kier molecular flexibility index (Phi) is 2.92. The molecule has 4 nitrogen and oxygen atoms in total. The van der Waals surface area contributed by atoms with Crippen molar-refractivity contribution in [3.05, 3.63) is 35.5 Å². The fourth-order valence-corrected chi connectivity index (χ4v) is 1.88. The minimum absolute atomic E-state index is 0.126. The van der Waals surface area contributed by atoms with Crippen LogP contribution in [0.1, 0.15) is 32.0 Å². The van der Waals surface area contributed by atoms with Crippen LogP contribution in [0.15, 0.2) is 24.3 Å². The molecule has 0 saturated carbocycles. The summed E-state index contributed by atoms with van der Waals surface area (Å²) in [6, 6.07) is 10.3. The highest BCUT2D eigenvalue weighted by atomic mass is 15.4. The molecule has 0 atom stereocenters. The Labute approximate surface area is 107 Å². The van der Waals surface area contributed by atoms with Crippen molar-refractivity contribution in [2.75, 3.05) is 0 Å². The maximum absolute atomic E-state index is 9.01. The molecule has 0 radical (unpaired) electrons. The van der Waals surface area contributed by atoms with Gasteiger partial charge in [-0.25, -0.2) is 4.68 Å². The lowest BCUT2D eigenvalue weighted by Crippen LogP contribution is -2.10. The van der Waals surface area contributed by atoms with Crippen LogP contribution < -0.4 is 0 Å². The Morgan fingerprint density at radius 2 is 1.78 bits per heavy atom. The predicted molar refractivity (Wildman–Crippen MR) is 69.9 cm³/mol. The molecule has 1 aromatic carbocycles. The highest BCUT2D eigenvalue weighted by Crippen LogP contribution is 2.26. The standard InChI is InChI=1S/C14H16N4/c1-14(2,3)11-7-5-10(6-8-11)13-12(9-15)16-17-18(13)4/h5-8H,1-4H3. The van der Waals surface area contributed by atoms with Crippen molar-refractivity contribution in [1.82, 2.24) is 15.0 Å². The number of rotatable bonds is 1. The van der Waals surface area contributed by atoms with Crippen LogP contribution in [0.2, 0.25) is 0 Å². The van der Waals surface area contributed by atoms with Crippen molar-refractivity contribution in [1.29, 1.82) is 5.26 Å². The van der Waals surface area contributed by atoms with Crippen molar-refractivity contribution in [2.45, 2.75) is 26.2 Å². The molecule has 92 valence electrons. The molecule has 0 aliphatic rings. The number of benzene rings is 1. The third-order valence-corrected chi connectivity index (χ3v) is 2.96. The summed E-state index contributed by atoms with van der Waals surface area (Å²) >= 11 is 0. The van der Waals surface area contributed by atoms with Crippen LogP contribution in [0.3, 0.4) is 0 Å². The van der Waals surface area contributed by atoms with E-state index in [9.17, 15) is 0 Å². The lowest BCUT2D eigenvalue weighted by Gasteiger charge is -2.19. The quantitative estimate of drug-likeness (QED) is 0.770. The Morgan fingerprint density at radius 1 is 1.17 bits per heavy atom. The molecule has 1 heterocycles. The smallest absolute Gasteiger partial charge is 0.190 e. The van der Waals surface area contributed by atoms with Crippen molar-refractivity contribution in [3.8, 4) is 17.3 Å². The molecule has 0 amide bonds. The first-order chi connectivity index (χ1) is 8.43.